The van der Waals surface area contributed by atoms with Crippen molar-refractivity contribution >= 4 is 22.8 Å². The molecule has 2 unspecified atom stereocenters. The number of carbonyl (C=O) groups excluding carboxylic acids is 1. The number of ether oxygens (including phenoxy) is 1. The van der Waals surface area contributed by atoms with Crippen LogP contribution in [0.4, 0.5) is 19.0 Å². The van der Waals surface area contributed by atoms with Crippen LogP contribution in [-0.4, -0.2) is 38.9 Å². The monoisotopic (exact) mass is 673 g/mol. The van der Waals surface area contributed by atoms with Crippen LogP contribution in [0.15, 0.2) is 109 Å². The zero-order valence-corrected chi connectivity index (χ0v) is 27.3. The van der Waals surface area contributed by atoms with Gasteiger partial charge in [-0.05, 0) is 60.3 Å². The summed E-state index contributed by atoms with van der Waals surface area (Å²) in [4.78, 5) is 21.9. The van der Waals surface area contributed by atoms with Crippen molar-refractivity contribution in [3.8, 4) is 11.4 Å². The van der Waals surface area contributed by atoms with Crippen LogP contribution in [0.25, 0.3) is 22.4 Å². The van der Waals surface area contributed by atoms with E-state index in [2.05, 4.69) is 15.3 Å². The van der Waals surface area contributed by atoms with Crippen LogP contribution in [0.2, 0.25) is 0 Å². The molecule has 0 aliphatic heterocycles. The van der Waals surface area contributed by atoms with Crippen molar-refractivity contribution in [1.29, 1.82) is 0 Å². The second-order valence-corrected chi connectivity index (χ2v) is 13.1. The van der Waals surface area contributed by atoms with Crippen molar-refractivity contribution in [3.63, 3.8) is 0 Å². The smallest absolute Gasteiger partial charge is 0.311 e. The molecule has 6 aromatic rings. The Kier molecular flexibility index (Phi) is 8.09. The highest BCUT2D eigenvalue weighted by molar-refractivity contribution is 5.91. The fourth-order valence-electron chi connectivity index (χ4n) is 8.31. The number of hydrogen-bond donors (Lipinski definition) is 1. The van der Waals surface area contributed by atoms with Gasteiger partial charge in [0, 0.05) is 12.1 Å². The number of methoxy groups -OCH3 is 1. The lowest BCUT2D eigenvalue weighted by molar-refractivity contribution is -0.152. The molecule has 3 aromatic carbocycles. The number of halogens is 3. The second kappa shape index (κ2) is 12.7. The van der Waals surface area contributed by atoms with Crippen molar-refractivity contribution in [2.45, 2.75) is 37.3 Å². The number of pyridine rings is 2. The van der Waals surface area contributed by atoms with Crippen LogP contribution in [-0.2, 0) is 15.1 Å². The van der Waals surface area contributed by atoms with Crippen LogP contribution < -0.4 is 5.32 Å². The fraction of sp³-hybridized carbons (Fsp3) is 0.250. The zero-order chi connectivity index (χ0) is 34.4. The summed E-state index contributed by atoms with van der Waals surface area (Å²) in [6.45, 7) is 0. The van der Waals surface area contributed by atoms with Crippen LogP contribution in [0, 0.1) is 35.2 Å². The van der Waals surface area contributed by atoms with E-state index in [0.29, 0.717) is 0 Å². The summed E-state index contributed by atoms with van der Waals surface area (Å²) in [6.07, 6.45) is 4.64. The second-order valence-electron chi connectivity index (χ2n) is 13.1. The number of rotatable bonds is 8. The Morgan fingerprint density at radius 2 is 1.34 bits per heavy atom. The molecular formula is C40H34F3N5O2. The van der Waals surface area contributed by atoms with Gasteiger partial charge in [-0.3, -0.25) is 4.79 Å². The van der Waals surface area contributed by atoms with E-state index < -0.39 is 35.0 Å². The van der Waals surface area contributed by atoms with Gasteiger partial charge in [0.25, 0.3) is 0 Å². The van der Waals surface area contributed by atoms with Gasteiger partial charge >= 0.3 is 5.97 Å². The Balaban J connectivity index is 1.36. The lowest BCUT2D eigenvalue weighted by atomic mass is 9.61. The average Bonchev–Trinajstić information content (AvgIpc) is 3.52. The molecule has 0 saturated heterocycles. The minimum atomic E-state index is -1.15. The van der Waals surface area contributed by atoms with Gasteiger partial charge in [0.05, 0.1) is 24.6 Å². The van der Waals surface area contributed by atoms with E-state index in [-0.39, 0.29) is 46.0 Å². The Bertz CT molecular complexity index is 2070. The number of benzene rings is 3. The Hall–Kier alpha value is -5.51. The molecule has 3 saturated carbocycles. The van der Waals surface area contributed by atoms with Gasteiger partial charge in [-0.1, -0.05) is 91.0 Å². The highest BCUT2D eigenvalue weighted by atomic mass is 19.1. The van der Waals surface area contributed by atoms with Gasteiger partial charge in [0.15, 0.2) is 23.1 Å². The number of nitrogens with one attached hydrogen (secondary N) is 1. The van der Waals surface area contributed by atoms with Gasteiger partial charge in [-0.25, -0.2) is 27.8 Å². The number of anilines is 1. The number of esters is 1. The molecule has 3 fully saturated rings. The number of hydrogen-bond acceptors (Lipinski definition) is 6. The molecule has 0 amide bonds. The molecule has 3 aromatic heterocycles. The van der Waals surface area contributed by atoms with E-state index in [9.17, 15) is 4.79 Å². The number of aromatic nitrogens is 4. The SMILES string of the molecule is COC(=O)C1C2CCC(CC2)C1Nc1nc(-c2nn(C(c3ccccc3)(c3ccccc3)c3ccccc3)c3ncc(F)cc23)c(F)cc1F. The molecule has 10 heteroatoms. The van der Waals surface area contributed by atoms with Crippen LogP contribution in [0.3, 0.4) is 0 Å². The molecule has 2 bridgehead atoms. The summed E-state index contributed by atoms with van der Waals surface area (Å²) in [5.74, 6) is -3.37. The normalized spacial score (nSPS) is 20.2. The largest absolute Gasteiger partial charge is 0.469 e. The van der Waals surface area contributed by atoms with E-state index in [0.717, 1.165) is 54.6 Å². The maximum Gasteiger partial charge on any atom is 0.311 e. The van der Waals surface area contributed by atoms with E-state index in [1.807, 2.05) is 91.0 Å². The third kappa shape index (κ3) is 5.12. The van der Waals surface area contributed by atoms with E-state index in [1.54, 1.807) is 4.68 Å². The van der Waals surface area contributed by atoms with E-state index in [4.69, 9.17) is 9.84 Å². The molecule has 7 nitrogen and oxygen atoms in total. The Labute approximate surface area is 287 Å². The predicted octanol–water partition coefficient (Wildman–Crippen LogP) is 8.14. The summed E-state index contributed by atoms with van der Waals surface area (Å²) >= 11 is 0. The van der Waals surface area contributed by atoms with Crippen LogP contribution in [0.1, 0.15) is 42.4 Å². The highest BCUT2D eigenvalue weighted by Crippen LogP contribution is 2.47. The quantitative estimate of drug-likeness (QED) is 0.130. The van der Waals surface area contributed by atoms with Crippen LogP contribution >= 0.6 is 0 Å². The van der Waals surface area contributed by atoms with Gasteiger partial charge in [-0.2, -0.15) is 5.10 Å². The average molecular weight is 674 g/mol. The Morgan fingerprint density at radius 1 is 0.780 bits per heavy atom. The summed E-state index contributed by atoms with van der Waals surface area (Å²) in [5, 5.41) is 8.41. The van der Waals surface area contributed by atoms with Crippen molar-refractivity contribution in [2.75, 3.05) is 12.4 Å². The summed E-state index contributed by atoms with van der Waals surface area (Å²) in [6, 6.07) is 30.7. The summed E-state index contributed by atoms with van der Waals surface area (Å²) in [7, 11) is 1.35. The third-order valence-corrected chi connectivity index (χ3v) is 10.5. The molecule has 252 valence electrons. The molecule has 3 heterocycles. The molecule has 1 N–H and O–H groups in total. The van der Waals surface area contributed by atoms with Gasteiger partial charge in [-0.15, -0.1) is 0 Å². The topological polar surface area (TPSA) is 81.9 Å². The number of nitrogens with zero attached hydrogens (tertiary/aromatic N) is 4. The highest BCUT2D eigenvalue weighted by Gasteiger charge is 2.48. The molecule has 3 aliphatic carbocycles. The standard InChI is InChI=1S/C40H34F3N5O2/c1-50-39(49)33-24-17-19-25(20-18-24)34(33)45-37-32(43)22-31(42)36(46-37)35-30-21-29(41)23-44-38(30)48(47-35)40(26-11-5-2-6-12-26,27-13-7-3-8-14-27)28-15-9-4-10-16-28/h2-16,21-25,33-34H,17-20H2,1H3,(H,45,46). The molecule has 9 rings (SSSR count). The predicted molar refractivity (Wildman–Crippen MR) is 184 cm³/mol. The molecule has 2 atom stereocenters. The van der Waals surface area contributed by atoms with Crippen molar-refractivity contribution in [1.82, 2.24) is 19.7 Å². The van der Waals surface area contributed by atoms with Crippen molar-refractivity contribution < 1.29 is 22.7 Å². The first-order valence-electron chi connectivity index (χ1n) is 16.8. The Morgan fingerprint density at radius 3 is 1.90 bits per heavy atom. The van der Waals surface area contributed by atoms with E-state index in [1.165, 1.54) is 13.2 Å². The first kappa shape index (κ1) is 31.7. The number of fused-ring (bicyclic) bond motifs is 4. The van der Waals surface area contributed by atoms with Crippen molar-refractivity contribution in [3.05, 3.63) is 143 Å². The molecule has 3 aliphatic rings. The molecular weight excluding hydrogens is 639 g/mol. The number of carbonyl (C=O) groups is 1. The lowest BCUT2D eigenvalue weighted by Gasteiger charge is -2.47. The fourth-order valence-corrected chi connectivity index (χ4v) is 8.31. The van der Waals surface area contributed by atoms with Gasteiger partial charge in [0.2, 0.25) is 0 Å². The maximum atomic E-state index is 16.0. The minimum absolute atomic E-state index is 0.00518. The molecule has 0 radical (unpaired) electrons. The zero-order valence-electron chi connectivity index (χ0n) is 27.3. The van der Waals surface area contributed by atoms with Crippen molar-refractivity contribution in [2.24, 2.45) is 17.8 Å². The van der Waals surface area contributed by atoms with Gasteiger partial charge in [0.1, 0.15) is 22.7 Å². The van der Waals surface area contributed by atoms with E-state index >= 15 is 13.2 Å². The van der Waals surface area contributed by atoms with Gasteiger partial charge < -0.3 is 10.1 Å². The summed E-state index contributed by atoms with van der Waals surface area (Å²) in [5.41, 5.74) is 1.32. The summed E-state index contributed by atoms with van der Waals surface area (Å²) < 4.78 is 53.5. The van der Waals surface area contributed by atoms with Crippen LogP contribution in [0.5, 0.6) is 0 Å². The first-order valence-corrected chi connectivity index (χ1v) is 16.8. The molecule has 50 heavy (non-hydrogen) atoms. The lowest BCUT2D eigenvalue weighted by Crippen LogP contribution is -2.52. The third-order valence-electron chi connectivity index (χ3n) is 10.5. The minimum Gasteiger partial charge on any atom is -0.469 e. The maximum absolute atomic E-state index is 16.0. The molecule has 0 spiro atoms. The first-order chi connectivity index (χ1) is 24.4.